The number of amides is 1. The summed E-state index contributed by atoms with van der Waals surface area (Å²) in [5.41, 5.74) is 5.81. The molecule has 0 fully saturated rings. The van der Waals surface area contributed by atoms with E-state index in [0.717, 1.165) is 0 Å². The predicted molar refractivity (Wildman–Crippen MR) is 61.6 cm³/mol. The molecule has 1 aromatic rings. The molecule has 1 rings (SSSR count). The Bertz CT molecular complexity index is 366. The van der Waals surface area contributed by atoms with E-state index in [0.29, 0.717) is 18.7 Å². The highest BCUT2D eigenvalue weighted by Gasteiger charge is 2.17. The summed E-state index contributed by atoms with van der Waals surface area (Å²) in [5.74, 6) is -0.581. The number of hydrogen-bond donors (Lipinski definition) is 1. The molecule has 0 saturated heterocycles. The fourth-order valence-electron chi connectivity index (χ4n) is 1.52. The van der Waals surface area contributed by atoms with Gasteiger partial charge in [-0.1, -0.05) is 6.07 Å². The summed E-state index contributed by atoms with van der Waals surface area (Å²) in [6.07, 6.45) is 0. The summed E-state index contributed by atoms with van der Waals surface area (Å²) in [5, 5.41) is 0. The summed E-state index contributed by atoms with van der Waals surface area (Å²) in [6.45, 7) is 4.70. The van der Waals surface area contributed by atoms with Crippen LogP contribution in [0.5, 0.6) is 0 Å². The summed E-state index contributed by atoms with van der Waals surface area (Å²) < 4.78 is 13.0. The van der Waals surface area contributed by atoms with E-state index in [1.807, 2.05) is 13.8 Å². The molecule has 0 aliphatic rings. The molecule has 0 atom stereocenters. The molecule has 0 spiro atoms. The van der Waals surface area contributed by atoms with E-state index in [-0.39, 0.29) is 11.9 Å². The van der Waals surface area contributed by atoms with Crippen LogP contribution in [0.2, 0.25) is 0 Å². The minimum Gasteiger partial charge on any atom is -0.335 e. The summed E-state index contributed by atoms with van der Waals surface area (Å²) >= 11 is 0. The molecule has 4 heteroatoms. The van der Waals surface area contributed by atoms with Crippen molar-refractivity contribution in [1.82, 2.24) is 4.90 Å². The molecule has 3 nitrogen and oxygen atoms in total. The number of carbonyl (C=O) groups excluding carboxylic acids is 1. The van der Waals surface area contributed by atoms with Crippen LogP contribution in [0.3, 0.4) is 0 Å². The first-order valence-electron chi connectivity index (χ1n) is 5.33. The fraction of sp³-hybridized carbons (Fsp3) is 0.417. The van der Waals surface area contributed by atoms with Gasteiger partial charge in [-0.15, -0.1) is 0 Å². The van der Waals surface area contributed by atoms with E-state index in [1.54, 1.807) is 11.0 Å². The van der Waals surface area contributed by atoms with Crippen molar-refractivity contribution >= 4 is 5.91 Å². The van der Waals surface area contributed by atoms with Gasteiger partial charge in [-0.05, 0) is 32.0 Å². The third-order valence-electron chi connectivity index (χ3n) is 2.33. The van der Waals surface area contributed by atoms with Crippen molar-refractivity contribution in [2.75, 3.05) is 13.1 Å². The van der Waals surface area contributed by atoms with Gasteiger partial charge in [0.2, 0.25) is 0 Å². The molecule has 0 heterocycles. The van der Waals surface area contributed by atoms with Crippen LogP contribution in [0.15, 0.2) is 24.3 Å². The summed E-state index contributed by atoms with van der Waals surface area (Å²) in [6, 6.07) is 5.76. The summed E-state index contributed by atoms with van der Waals surface area (Å²) in [7, 11) is 0. The molecule has 0 saturated carbocycles. The Morgan fingerprint density at radius 1 is 1.50 bits per heavy atom. The molecular formula is C12H17FN2O. The van der Waals surface area contributed by atoms with Crippen LogP contribution in [0.25, 0.3) is 0 Å². The third-order valence-corrected chi connectivity index (χ3v) is 2.33. The summed E-state index contributed by atoms with van der Waals surface area (Å²) in [4.78, 5) is 13.7. The van der Waals surface area contributed by atoms with E-state index in [4.69, 9.17) is 5.73 Å². The molecule has 0 unspecified atom stereocenters. The lowest BCUT2D eigenvalue weighted by Gasteiger charge is -2.26. The SMILES string of the molecule is CC(C)N(CCN)C(=O)c1cccc(F)c1. The van der Waals surface area contributed by atoms with Gasteiger partial charge in [-0.2, -0.15) is 0 Å². The first-order chi connectivity index (χ1) is 7.56. The van der Waals surface area contributed by atoms with Gasteiger partial charge in [0.05, 0.1) is 0 Å². The van der Waals surface area contributed by atoms with Gasteiger partial charge in [0, 0.05) is 24.7 Å². The van der Waals surface area contributed by atoms with Crippen LogP contribution in [0, 0.1) is 5.82 Å². The highest BCUT2D eigenvalue weighted by molar-refractivity contribution is 5.94. The van der Waals surface area contributed by atoms with Crippen molar-refractivity contribution in [1.29, 1.82) is 0 Å². The fourth-order valence-corrected chi connectivity index (χ4v) is 1.52. The average Bonchev–Trinajstić information content (AvgIpc) is 2.24. The van der Waals surface area contributed by atoms with Crippen LogP contribution in [-0.4, -0.2) is 29.9 Å². The van der Waals surface area contributed by atoms with E-state index < -0.39 is 5.82 Å². The maximum absolute atomic E-state index is 13.0. The largest absolute Gasteiger partial charge is 0.335 e. The van der Waals surface area contributed by atoms with E-state index in [9.17, 15) is 9.18 Å². The lowest BCUT2D eigenvalue weighted by molar-refractivity contribution is 0.0711. The first kappa shape index (κ1) is 12.6. The van der Waals surface area contributed by atoms with Gasteiger partial charge in [-0.25, -0.2) is 4.39 Å². The van der Waals surface area contributed by atoms with Gasteiger partial charge in [-0.3, -0.25) is 4.79 Å². The Hall–Kier alpha value is -1.42. The molecular weight excluding hydrogens is 207 g/mol. The number of nitrogens with two attached hydrogens (primary N) is 1. The van der Waals surface area contributed by atoms with E-state index in [1.165, 1.54) is 18.2 Å². The minimum atomic E-state index is -0.401. The van der Waals surface area contributed by atoms with Gasteiger partial charge < -0.3 is 10.6 Å². The highest BCUT2D eigenvalue weighted by atomic mass is 19.1. The Balaban J connectivity index is 2.90. The van der Waals surface area contributed by atoms with Gasteiger partial charge >= 0.3 is 0 Å². The van der Waals surface area contributed by atoms with Gasteiger partial charge in [0.15, 0.2) is 0 Å². The van der Waals surface area contributed by atoms with Crippen molar-refractivity contribution in [3.05, 3.63) is 35.6 Å². The van der Waals surface area contributed by atoms with E-state index in [2.05, 4.69) is 0 Å². The van der Waals surface area contributed by atoms with Crippen LogP contribution in [0.1, 0.15) is 24.2 Å². The molecule has 2 N–H and O–H groups in total. The van der Waals surface area contributed by atoms with Crippen molar-refractivity contribution in [2.24, 2.45) is 5.73 Å². The molecule has 0 aliphatic carbocycles. The van der Waals surface area contributed by atoms with Crippen molar-refractivity contribution in [3.8, 4) is 0 Å². The first-order valence-corrected chi connectivity index (χ1v) is 5.33. The third kappa shape index (κ3) is 3.03. The second-order valence-electron chi connectivity index (χ2n) is 3.89. The standard InChI is InChI=1S/C12H17FN2O/c1-9(2)15(7-6-14)12(16)10-4-3-5-11(13)8-10/h3-5,8-9H,6-7,14H2,1-2H3. The topological polar surface area (TPSA) is 46.3 Å². The van der Waals surface area contributed by atoms with Crippen LogP contribution in [-0.2, 0) is 0 Å². The molecule has 0 aliphatic heterocycles. The Kier molecular flexibility index (Phi) is 4.43. The quantitative estimate of drug-likeness (QED) is 0.845. The number of benzene rings is 1. The van der Waals surface area contributed by atoms with Crippen LogP contribution >= 0.6 is 0 Å². The second kappa shape index (κ2) is 5.61. The number of rotatable bonds is 4. The zero-order chi connectivity index (χ0) is 12.1. The monoisotopic (exact) mass is 224 g/mol. The minimum absolute atomic E-state index is 0.0549. The lowest BCUT2D eigenvalue weighted by Crippen LogP contribution is -2.40. The molecule has 0 aromatic heterocycles. The zero-order valence-corrected chi connectivity index (χ0v) is 9.61. The molecule has 1 aromatic carbocycles. The Morgan fingerprint density at radius 3 is 2.69 bits per heavy atom. The van der Waals surface area contributed by atoms with Crippen molar-refractivity contribution in [2.45, 2.75) is 19.9 Å². The highest BCUT2D eigenvalue weighted by Crippen LogP contribution is 2.09. The Morgan fingerprint density at radius 2 is 2.19 bits per heavy atom. The van der Waals surface area contributed by atoms with Crippen LogP contribution < -0.4 is 5.73 Å². The van der Waals surface area contributed by atoms with Gasteiger partial charge in [0.25, 0.3) is 5.91 Å². The Labute approximate surface area is 95.0 Å². The molecule has 0 bridgehead atoms. The second-order valence-corrected chi connectivity index (χ2v) is 3.89. The molecule has 0 radical (unpaired) electrons. The number of hydrogen-bond acceptors (Lipinski definition) is 2. The number of nitrogens with zero attached hydrogens (tertiary/aromatic N) is 1. The maximum atomic E-state index is 13.0. The smallest absolute Gasteiger partial charge is 0.254 e. The van der Waals surface area contributed by atoms with Gasteiger partial charge in [0.1, 0.15) is 5.82 Å². The number of halogens is 1. The van der Waals surface area contributed by atoms with Crippen molar-refractivity contribution < 1.29 is 9.18 Å². The predicted octanol–water partition coefficient (Wildman–Crippen LogP) is 1.63. The van der Waals surface area contributed by atoms with Crippen LogP contribution in [0.4, 0.5) is 4.39 Å². The van der Waals surface area contributed by atoms with E-state index >= 15 is 0 Å². The normalized spacial score (nSPS) is 10.6. The molecule has 1 amide bonds. The number of carbonyl (C=O) groups is 1. The average molecular weight is 224 g/mol. The molecule has 88 valence electrons. The maximum Gasteiger partial charge on any atom is 0.254 e. The zero-order valence-electron chi connectivity index (χ0n) is 9.61. The molecule has 16 heavy (non-hydrogen) atoms. The lowest BCUT2D eigenvalue weighted by atomic mass is 10.1. The van der Waals surface area contributed by atoms with Crippen molar-refractivity contribution in [3.63, 3.8) is 0 Å².